The first-order chi connectivity index (χ1) is 18.2. The number of aromatic nitrogens is 2. The lowest BCUT2D eigenvalue weighted by Gasteiger charge is -2.36. The summed E-state index contributed by atoms with van der Waals surface area (Å²) in [6, 6.07) is 22.6. The topological polar surface area (TPSA) is 8.81 Å². The van der Waals surface area contributed by atoms with Crippen molar-refractivity contribution in [3.05, 3.63) is 90.5 Å². The molecule has 0 fully saturated rings. The number of aryl methyl sites for hydroxylation is 1. The number of unbranched alkanes of at least 4 members (excludes halogenated alkanes) is 10. The van der Waals surface area contributed by atoms with Crippen LogP contribution in [-0.4, -0.2) is 4.57 Å². The molecule has 2 aromatic carbocycles. The summed E-state index contributed by atoms with van der Waals surface area (Å²) < 4.78 is 4.93. The molecule has 0 radical (unpaired) electrons. The van der Waals surface area contributed by atoms with Crippen LogP contribution in [0.3, 0.4) is 0 Å². The van der Waals surface area contributed by atoms with E-state index in [1.165, 1.54) is 94.6 Å². The van der Waals surface area contributed by atoms with Crippen LogP contribution in [0.1, 0.15) is 121 Å². The van der Waals surface area contributed by atoms with Crippen molar-refractivity contribution >= 4 is 0 Å². The highest BCUT2D eigenvalue weighted by atomic mass is 15.1. The number of rotatable bonds is 19. The highest BCUT2D eigenvalue weighted by molar-refractivity contribution is 5.30. The molecule has 0 bridgehead atoms. The van der Waals surface area contributed by atoms with Gasteiger partial charge in [-0.1, -0.05) is 146 Å². The summed E-state index contributed by atoms with van der Waals surface area (Å²) in [5.41, 5.74) is 2.87. The van der Waals surface area contributed by atoms with Crippen molar-refractivity contribution in [2.75, 3.05) is 0 Å². The maximum Gasteiger partial charge on any atom is 0.244 e. The summed E-state index contributed by atoms with van der Waals surface area (Å²) in [5, 5.41) is 0. The van der Waals surface area contributed by atoms with E-state index in [4.69, 9.17) is 0 Å². The minimum Gasteiger partial charge on any atom is -0.237 e. The fourth-order valence-electron chi connectivity index (χ4n) is 6.01. The van der Waals surface area contributed by atoms with Gasteiger partial charge in [0.15, 0.2) is 0 Å². The molecule has 0 amide bonds. The summed E-state index contributed by atoms with van der Waals surface area (Å²) in [5.74, 6) is 0. The van der Waals surface area contributed by atoms with Gasteiger partial charge >= 0.3 is 0 Å². The second-order valence-corrected chi connectivity index (χ2v) is 11.4. The molecule has 37 heavy (non-hydrogen) atoms. The van der Waals surface area contributed by atoms with Crippen LogP contribution < -0.4 is 4.57 Å². The summed E-state index contributed by atoms with van der Waals surface area (Å²) in [6.07, 6.45) is 25.8. The van der Waals surface area contributed by atoms with Crippen molar-refractivity contribution in [3.63, 3.8) is 0 Å². The highest BCUT2D eigenvalue weighted by Crippen LogP contribution is 2.41. The van der Waals surface area contributed by atoms with Crippen molar-refractivity contribution in [2.24, 2.45) is 0 Å². The Morgan fingerprint density at radius 1 is 0.703 bits per heavy atom. The molecule has 202 valence electrons. The predicted octanol–water partition coefficient (Wildman–Crippen LogP) is 9.63. The number of hydrogen-bond donors (Lipinski definition) is 0. The molecular weight excluding hydrogens is 448 g/mol. The van der Waals surface area contributed by atoms with E-state index in [-0.39, 0.29) is 5.41 Å². The molecule has 0 aliphatic carbocycles. The van der Waals surface area contributed by atoms with Crippen LogP contribution in [0.15, 0.2) is 79.4 Å². The number of imidazole rings is 1. The Hall–Kier alpha value is -2.35. The molecule has 2 heteroatoms. The third-order valence-electron chi connectivity index (χ3n) is 8.24. The summed E-state index contributed by atoms with van der Waals surface area (Å²) in [7, 11) is 0. The molecule has 1 aromatic heterocycles. The van der Waals surface area contributed by atoms with Crippen LogP contribution in [0.25, 0.3) is 0 Å². The monoisotopic (exact) mass is 501 g/mol. The van der Waals surface area contributed by atoms with Gasteiger partial charge in [-0.25, -0.2) is 9.13 Å². The second kappa shape index (κ2) is 16.5. The van der Waals surface area contributed by atoms with Crippen LogP contribution in [0.4, 0.5) is 0 Å². The first kappa shape index (κ1) is 29.2. The maximum atomic E-state index is 2.51. The van der Waals surface area contributed by atoms with E-state index in [9.17, 15) is 0 Å². The number of nitrogens with zero attached hydrogens (tertiary/aromatic N) is 2. The van der Waals surface area contributed by atoms with Gasteiger partial charge in [-0.05, 0) is 36.8 Å². The van der Waals surface area contributed by atoms with Gasteiger partial charge in [0.25, 0.3) is 0 Å². The van der Waals surface area contributed by atoms with E-state index < -0.39 is 0 Å². The Bertz CT molecular complexity index is 961. The zero-order valence-electron chi connectivity index (χ0n) is 24.1. The minimum absolute atomic E-state index is 0.0199. The standard InChI is InChI=1S/C35H53N2/c1-4-6-7-8-9-10-11-12-13-14-21-27-36-28-29-37(31-36)34(22-5-2)35(3,33-25-19-16-20-26-33)30-32-23-17-15-18-24-32/h15-20,23-26,28-29,31,34H,4-14,21-22,27,30H2,1-3H3/q+1. The van der Waals surface area contributed by atoms with Crippen molar-refractivity contribution in [3.8, 4) is 0 Å². The average Bonchev–Trinajstić information content (AvgIpc) is 3.39. The van der Waals surface area contributed by atoms with Crippen LogP contribution in [0.5, 0.6) is 0 Å². The molecule has 0 aliphatic rings. The Morgan fingerprint density at radius 2 is 1.27 bits per heavy atom. The van der Waals surface area contributed by atoms with Crippen molar-refractivity contribution in [1.29, 1.82) is 0 Å². The molecule has 2 atom stereocenters. The molecule has 3 aromatic rings. The lowest BCUT2D eigenvalue weighted by Crippen LogP contribution is -2.37. The van der Waals surface area contributed by atoms with Crippen molar-refractivity contribution < 1.29 is 4.57 Å². The van der Waals surface area contributed by atoms with E-state index in [0.717, 1.165) is 13.0 Å². The molecule has 0 N–H and O–H groups in total. The van der Waals surface area contributed by atoms with Gasteiger partial charge in [-0.2, -0.15) is 0 Å². The number of benzene rings is 2. The maximum absolute atomic E-state index is 2.51. The quantitative estimate of drug-likeness (QED) is 0.114. The molecule has 0 saturated carbocycles. The molecular formula is C35H53N2+. The smallest absolute Gasteiger partial charge is 0.237 e. The molecule has 0 spiro atoms. The summed E-state index contributed by atoms with van der Waals surface area (Å²) >= 11 is 0. The van der Waals surface area contributed by atoms with E-state index in [1.54, 1.807) is 0 Å². The third kappa shape index (κ3) is 9.47. The van der Waals surface area contributed by atoms with Crippen molar-refractivity contribution in [1.82, 2.24) is 4.57 Å². The first-order valence-corrected chi connectivity index (χ1v) is 15.3. The molecule has 1 heterocycles. The average molecular weight is 502 g/mol. The second-order valence-electron chi connectivity index (χ2n) is 11.4. The Labute approximate surface area is 228 Å². The van der Waals surface area contributed by atoms with E-state index >= 15 is 0 Å². The lowest BCUT2D eigenvalue weighted by atomic mass is 9.70. The molecule has 2 nitrogen and oxygen atoms in total. The zero-order chi connectivity index (χ0) is 26.2. The summed E-state index contributed by atoms with van der Waals surface area (Å²) in [6.45, 7) is 8.22. The SMILES string of the molecule is CCCCCCCCCCCCC[n+]1ccn(C(CCC)C(C)(Cc2ccccc2)c2ccccc2)c1. The largest absolute Gasteiger partial charge is 0.244 e. The van der Waals surface area contributed by atoms with Crippen LogP contribution >= 0.6 is 0 Å². The van der Waals surface area contributed by atoms with Gasteiger partial charge in [0.05, 0.1) is 6.54 Å². The van der Waals surface area contributed by atoms with Gasteiger partial charge in [-0.3, -0.25) is 0 Å². The highest BCUT2D eigenvalue weighted by Gasteiger charge is 2.39. The van der Waals surface area contributed by atoms with Gasteiger partial charge in [-0.15, -0.1) is 0 Å². The molecule has 3 rings (SSSR count). The van der Waals surface area contributed by atoms with Crippen LogP contribution in [-0.2, 0) is 18.4 Å². The Kier molecular flexibility index (Phi) is 13.0. The summed E-state index contributed by atoms with van der Waals surface area (Å²) in [4.78, 5) is 0. The van der Waals surface area contributed by atoms with Gasteiger partial charge in [0.1, 0.15) is 18.4 Å². The zero-order valence-corrected chi connectivity index (χ0v) is 24.1. The predicted molar refractivity (Wildman–Crippen MR) is 159 cm³/mol. The molecule has 2 unspecified atom stereocenters. The van der Waals surface area contributed by atoms with Crippen LogP contribution in [0.2, 0.25) is 0 Å². The third-order valence-corrected chi connectivity index (χ3v) is 8.24. The fourth-order valence-corrected chi connectivity index (χ4v) is 6.01. The van der Waals surface area contributed by atoms with Crippen LogP contribution in [0, 0.1) is 0 Å². The normalized spacial score (nSPS) is 13.9. The van der Waals surface area contributed by atoms with Crippen molar-refractivity contribution in [2.45, 2.75) is 129 Å². The lowest BCUT2D eigenvalue weighted by molar-refractivity contribution is -0.697. The van der Waals surface area contributed by atoms with Gasteiger partial charge in [0, 0.05) is 5.41 Å². The fraction of sp³-hybridized carbons (Fsp3) is 0.571. The molecule has 0 saturated heterocycles. The minimum atomic E-state index is 0.0199. The van der Waals surface area contributed by atoms with Gasteiger partial charge < -0.3 is 0 Å². The van der Waals surface area contributed by atoms with Gasteiger partial charge in [0.2, 0.25) is 6.33 Å². The Morgan fingerprint density at radius 3 is 1.86 bits per heavy atom. The first-order valence-electron chi connectivity index (χ1n) is 15.3. The van der Waals surface area contributed by atoms with E-state index in [1.807, 2.05) is 0 Å². The Balaban J connectivity index is 1.57. The molecule has 0 aliphatic heterocycles. The number of hydrogen-bond acceptors (Lipinski definition) is 0. The van der Waals surface area contributed by atoms with E-state index in [2.05, 4.69) is 109 Å². The van der Waals surface area contributed by atoms with E-state index in [0.29, 0.717) is 6.04 Å².